The Morgan fingerprint density at radius 2 is 1.95 bits per heavy atom. The van der Waals surface area contributed by atoms with Crippen molar-refractivity contribution in [3.8, 4) is 11.5 Å². The molecule has 5 heteroatoms. The highest BCUT2D eigenvalue weighted by Crippen LogP contribution is 2.36. The van der Waals surface area contributed by atoms with Gasteiger partial charge >= 0.3 is 0 Å². The van der Waals surface area contributed by atoms with Crippen molar-refractivity contribution in [2.24, 2.45) is 5.73 Å². The van der Waals surface area contributed by atoms with Crippen LogP contribution in [0, 0.1) is 0 Å². The summed E-state index contributed by atoms with van der Waals surface area (Å²) >= 11 is 3.65. The SMILES string of the molecule is NCC1CCCCN1Cc1cc2c(cc1Br)OCCO2. The molecule has 0 radical (unpaired) electrons. The summed E-state index contributed by atoms with van der Waals surface area (Å²) in [6.07, 6.45) is 3.76. The lowest BCUT2D eigenvalue weighted by Gasteiger charge is -2.35. The van der Waals surface area contributed by atoms with Crippen LogP contribution in [0.1, 0.15) is 24.8 Å². The summed E-state index contributed by atoms with van der Waals surface area (Å²) in [7, 11) is 0. The number of hydrogen-bond acceptors (Lipinski definition) is 4. The van der Waals surface area contributed by atoms with Crippen molar-refractivity contribution >= 4 is 15.9 Å². The van der Waals surface area contributed by atoms with Gasteiger partial charge in [-0.15, -0.1) is 0 Å². The third-order valence-electron chi connectivity index (χ3n) is 4.11. The fourth-order valence-corrected chi connectivity index (χ4v) is 3.43. The van der Waals surface area contributed by atoms with Gasteiger partial charge < -0.3 is 15.2 Å². The largest absolute Gasteiger partial charge is 0.486 e. The van der Waals surface area contributed by atoms with Gasteiger partial charge in [0.25, 0.3) is 0 Å². The number of ether oxygens (including phenoxy) is 2. The fourth-order valence-electron chi connectivity index (χ4n) is 2.98. The Labute approximate surface area is 128 Å². The van der Waals surface area contributed by atoms with E-state index in [1.165, 1.54) is 24.8 Å². The molecule has 20 heavy (non-hydrogen) atoms. The van der Waals surface area contributed by atoms with Crippen LogP contribution in [0.2, 0.25) is 0 Å². The zero-order valence-corrected chi connectivity index (χ0v) is 13.2. The monoisotopic (exact) mass is 340 g/mol. The molecule has 1 unspecified atom stereocenters. The molecule has 1 saturated heterocycles. The quantitative estimate of drug-likeness (QED) is 0.918. The number of piperidine rings is 1. The predicted molar refractivity (Wildman–Crippen MR) is 82.2 cm³/mol. The summed E-state index contributed by atoms with van der Waals surface area (Å²) in [4.78, 5) is 2.49. The minimum atomic E-state index is 0.504. The summed E-state index contributed by atoms with van der Waals surface area (Å²) in [5, 5.41) is 0. The first-order valence-corrected chi connectivity index (χ1v) is 8.09. The molecule has 1 aromatic carbocycles. The number of likely N-dealkylation sites (tertiary alicyclic amines) is 1. The van der Waals surface area contributed by atoms with Crippen molar-refractivity contribution < 1.29 is 9.47 Å². The molecular weight excluding hydrogens is 320 g/mol. The molecule has 0 amide bonds. The number of halogens is 1. The smallest absolute Gasteiger partial charge is 0.162 e. The van der Waals surface area contributed by atoms with Gasteiger partial charge in [0, 0.05) is 23.6 Å². The van der Waals surface area contributed by atoms with Crippen LogP contribution in [0.15, 0.2) is 16.6 Å². The Balaban J connectivity index is 1.79. The summed E-state index contributed by atoms with van der Waals surface area (Å²) in [5.41, 5.74) is 7.14. The van der Waals surface area contributed by atoms with Gasteiger partial charge in [-0.3, -0.25) is 4.90 Å². The lowest BCUT2D eigenvalue weighted by Crippen LogP contribution is -2.43. The maximum Gasteiger partial charge on any atom is 0.162 e. The number of benzene rings is 1. The second-order valence-corrected chi connectivity index (χ2v) is 6.30. The average Bonchev–Trinajstić information content (AvgIpc) is 2.48. The van der Waals surface area contributed by atoms with Crippen LogP contribution >= 0.6 is 15.9 Å². The highest BCUT2D eigenvalue weighted by Gasteiger charge is 2.23. The predicted octanol–water partition coefficient (Wildman–Crippen LogP) is 2.53. The van der Waals surface area contributed by atoms with E-state index in [-0.39, 0.29) is 0 Å². The Bertz CT molecular complexity index is 481. The Morgan fingerprint density at radius 1 is 1.20 bits per heavy atom. The van der Waals surface area contributed by atoms with E-state index in [1.54, 1.807) is 0 Å². The molecule has 2 aliphatic rings. The third kappa shape index (κ3) is 2.95. The Morgan fingerprint density at radius 3 is 2.70 bits per heavy atom. The number of nitrogens with two attached hydrogens (primary N) is 1. The van der Waals surface area contributed by atoms with Gasteiger partial charge in [0.15, 0.2) is 11.5 Å². The molecule has 0 spiro atoms. The average molecular weight is 341 g/mol. The lowest BCUT2D eigenvalue weighted by atomic mass is 10.0. The van der Waals surface area contributed by atoms with Gasteiger partial charge in [0.2, 0.25) is 0 Å². The van der Waals surface area contributed by atoms with Crippen LogP contribution in [-0.2, 0) is 6.54 Å². The van der Waals surface area contributed by atoms with Crippen molar-refractivity contribution in [2.75, 3.05) is 26.3 Å². The minimum Gasteiger partial charge on any atom is -0.486 e. The molecule has 0 aliphatic carbocycles. The Hall–Kier alpha value is -0.780. The first-order valence-electron chi connectivity index (χ1n) is 7.30. The van der Waals surface area contributed by atoms with Gasteiger partial charge in [-0.1, -0.05) is 22.4 Å². The summed E-state index contributed by atoms with van der Waals surface area (Å²) in [5.74, 6) is 1.69. The first-order chi connectivity index (χ1) is 9.78. The van der Waals surface area contributed by atoms with E-state index in [9.17, 15) is 0 Å². The number of nitrogens with zero attached hydrogens (tertiary/aromatic N) is 1. The molecule has 2 N–H and O–H groups in total. The van der Waals surface area contributed by atoms with Crippen molar-refractivity contribution in [3.63, 3.8) is 0 Å². The van der Waals surface area contributed by atoms with Crippen LogP contribution < -0.4 is 15.2 Å². The highest BCUT2D eigenvalue weighted by atomic mass is 79.9. The second-order valence-electron chi connectivity index (χ2n) is 5.44. The molecule has 1 aromatic rings. The molecule has 0 saturated carbocycles. The van der Waals surface area contributed by atoms with E-state index in [0.29, 0.717) is 19.3 Å². The molecule has 3 rings (SSSR count). The van der Waals surface area contributed by atoms with Crippen LogP contribution in [0.4, 0.5) is 0 Å². The van der Waals surface area contributed by atoms with Crippen LogP contribution in [-0.4, -0.2) is 37.2 Å². The van der Waals surface area contributed by atoms with E-state index in [1.807, 2.05) is 6.07 Å². The lowest BCUT2D eigenvalue weighted by molar-refractivity contribution is 0.143. The van der Waals surface area contributed by atoms with E-state index in [2.05, 4.69) is 26.9 Å². The maximum atomic E-state index is 5.90. The first kappa shape index (κ1) is 14.2. The van der Waals surface area contributed by atoms with E-state index in [4.69, 9.17) is 15.2 Å². The molecule has 110 valence electrons. The van der Waals surface area contributed by atoms with Gasteiger partial charge in [0.1, 0.15) is 13.2 Å². The fraction of sp³-hybridized carbons (Fsp3) is 0.600. The zero-order chi connectivity index (χ0) is 13.9. The molecule has 4 nitrogen and oxygen atoms in total. The summed E-state index contributed by atoms with van der Waals surface area (Å²) in [6.45, 7) is 4.04. The Kier molecular flexibility index (Phi) is 4.48. The van der Waals surface area contributed by atoms with Gasteiger partial charge in [-0.25, -0.2) is 0 Å². The van der Waals surface area contributed by atoms with Gasteiger partial charge in [0.05, 0.1) is 0 Å². The minimum absolute atomic E-state index is 0.504. The summed E-state index contributed by atoms with van der Waals surface area (Å²) in [6, 6.07) is 4.62. The van der Waals surface area contributed by atoms with E-state index < -0.39 is 0 Å². The summed E-state index contributed by atoms with van der Waals surface area (Å²) < 4.78 is 12.4. The zero-order valence-electron chi connectivity index (χ0n) is 11.6. The van der Waals surface area contributed by atoms with Crippen molar-refractivity contribution in [1.82, 2.24) is 4.90 Å². The molecule has 1 atom stereocenters. The number of hydrogen-bond donors (Lipinski definition) is 1. The van der Waals surface area contributed by atoms with E-state index >= 15 is 0 Å². The number of rotatable bonds is 3. The van der Waals surface area contributed by atoms with Gasteiger partial charge in [-0.2, -0.15) is 0 Å². The molecule has 2 heterocycles. The number of fused-ring (bicyclic) bond motifs is 1. The van der Waals surface area contributed by atoms with Crippen LogP contribution in [0.25, 0.3) is 0 Å². The van der Waals surface area contributed by atoms with Crippen molar-refractivity contribution in [1.29, 1.82) is 0 Å². The molecular formula is C15H21BrN2O2. The topological polar surface area (TPSA) is 47.7 Å². The third-order valence-corrected chi connectivity index (χ3v) is 4.84. The van der Waals surface area contributed by atoms with E-state index in [0.717, 1.165) is 35.6 Å². The second kappa shape index (κ2) is 6.33. The van der Waals surface area contributed by atoms with Crippen molar-refractivity contribution in [3.05, 3.63) is 22.2 Å². The van der Waals surface area contributed by atoms with Gasteiger partial charge in [-0.05, 0) is 37.1 Å². The highest BCUT2D eigenvalue weighted by molar-refractivity contribution is 9.10. The molecule has 1 fully saturated rings. The van der Waals surface area contributed by atoms with Crippen LogP contribution in [0.5, 0.6) is 11.5 Å². The maximum absolute atomic E-state index is 5.90. The molecule has 0 aromatic heterocycles. The van der Waals surface area contributed by atoms with Crippen LogP contribution in [0.3, 0.4) is 0 Å². The normalized spacial score (nSPS) is 22.8. The molecule has 0 bridgehead atoms. The van der Waals surface area contributed by atoms with Crippen molar-refractivity contribution in [2.45, 2.75) is 31.8 Å². The standard InChI is InChI=1S/C15H21BrN2O2/c16-13-8-15-14(19-5-6-20-15)7-11(13)10-18-4-2-1-3-12(18)9-17/h7-8,12H,1-6,9-10,17H2. The molecule has 2 aliphatic heterocycles.